The molecule has 8 aromatic rings. The number of rotatable bonds is 3. The Morgan fingerprint density at radius 2 is 1.05 bits per heavy atom. The molecule has 0 aliphatic rings. The molecule has 0 aliphatic carbocycles. The summed E-state index contributed by atoms with van der Waals surface area (Å²) in [6.07, 6.45) is 0. The molecule has 0 unspecified atom stereocenters. The number of furan rings is 2. The van der Waals surface area contributed by atoms with Crippen LogP contribution in [-0.4, -0.2) is 0 Å². The van der Waals surface area contributed by atoms with E-state index in [4.69, 9.17) is 8.83 Å². The Morgan fingerprint density at radius 3 is 1.90 bits per heavy atom. The van der Waals surface area contributed by atoms with E-state index in [0.717, 1.165) is 77.3 Å². The molecule has 0 saturated carbocycles. The predicted octanol–water partition coefficient (Wildman–Crippen LogP) is 10.2. The zero-order chi connectivity index (χ0) is 28.2. The Hall–Kier alpha value is -6.10. The molecule has 0 N–H and O–H groups in total. The molecule has 0 saturated heterocycles. The first-order chi connectivity index (χ1) is 20.7. The highest BCUT2D eigenvalue weighted by atomic mass is 16.3. The molecular formula is C38H20N2O2. The quantitative estimate of drug-likeness (QED) is 0.225. The molecule has 0 spiro atoms. The fraction of sp³-hybridized carbons (Fsp3) is 0. The summed E-state index contributed by atoms with van der Waals surface area (Å²) < 4.78 is 12.3. The highest BCUT2D eigenvalue weighted by Gasteiger charge is 2.16. The molecule has 2 heterocycles. The van der Waals surface area contributed by atoms with Gasteiger partial charge in [-0.2, -0.15) is 10.5 Å². The van der Waals surface area contributed by atoms with Crippen LogP contribution < -0.4 is 0 Å². The van der Waals surface area contributed by atoms with Gasteiger partial charge in [0, 0.05) is 21.5 Å². The summed E-state index contributed by atoms with van der Waals surface area (Å²) >= 11 is 0. The third-order valence-corrected chi connectivity index (χ3v) is 7.90. The lowest BCUT2D eigenvalue weighted by Gasteiger charge is -2.12. The molecule has 0 bridgehead atoms. The van der Waals surface area contributed by atoms with Crippen molar-refractivity contribution >= 4 is 43.9 Å². The summed E-state index contributed by atoms with van der Waals surface area (Å²) in [7, 11) is 0. The zero-order valence-electron chi connectivity index (χ0n) is 22.3. The second-order valence-electron chi connectivity index (χ2n) is 10.4. The number of hydrogen-bond acceptors (Lipinski definition) is 4. The van der Waals surface area contributed by atoms with Crippen LogP contribution in [0.2, 0.25) is 0 Å². The van der Waals surface area contributed by atoms with Crippen LogP contribution in [-0.2, 0) is 0 Å². The van der Waals surface area contributed by atoms with Gasteiger partial charge in [-0.15, -0.1) is 0 Å². The van der Waals surface area contributed by atoms with Crippen molar-refractivity contribution in [2.24, 2.45) is 0 Å². The van der Waals surface area contributed by atoms with E-state index >= 15 is 0 Å². The van der Waals surface area contributed by atoms with Crippen LogP contribution in [0.4, 0.5) is 0 Å². The molecule has 0 radical (unpaired) electrons. The molecule has 6 aromatic carbocycles. The maximum absolute atomic E-state index is 9.59. The molecule has 42 heavy (non-hydrogen) atoms. The van der Waals surface area contributed by atoms with E-state index in [2.05, 4.69) is 54.6 Å². The first kappa shape index (κ1) is 23.8. The van der Waals surface area contributed by atoms with Gasteiger partial charge in [0.25, 0.3) is 0 Å². The first-order valence-corrected chi connectivity index (χ1v) is 13.6. The van der Waals surface area contributed by atoms with Gasteiger partial charge < -0.3 is 8.83 Å². The van der Waals surface area contributed by atoms with E-state index in [1.807, 2.05) is 72.8 Å². The van der Waals surface area contributed by atoms with Crippen molar-refractivity contribution in [2.45, 2.75) is 0 Å². The Balaban J connectivity index is 1.41. The lowest BCUT2D eigenvalue weighted by atomic mass is 9.91. The van der Waals surface area contributed by atoms with Crippen LogP contribution in [0.25, 0.3) is 77.3 Å². The predicted molar refractivity (Wildman–Crippen MR) is 167 cm³/mol. The van der Waals surface area contributed by atoms with E-state index < -0.39 is 0 Å². The maximum atomic E-state index is 9.59. The summed E-state index contributed by atoms with van der Waals surface area (Å²) in [5.74, 6) is 0. The summed E-state index contributed by atoms with van der Waals surface area (Å²) in [6.45, 7) is 0. The standard InChI is InChI=1S/C38H20N2O2/c39-21-23-5-3-6-25(15-23)27-17-28(26-12-14-35-32(20-26)31-7-1-2-9-34(31)41-35)19-29(18-27)30-8-4-10-37-38(30)33-16-24(22-40)11-13-36(33)42-37/h1-20H. The van der Waals surface area contributed by atoms with Crippen LogP contribution in [0, 0.1) is 22.7 Å². The normalized spacial score (nSPS) is 11.3. The zero-order valence-corrected chi connectivity index (χ0v) is 22.3. The number of hydrogen-bond donors (Lipinski definition) is 0. The number of benzene rings is 6. The Kier molecular flexibility index (Phi) is 5.22. The largest absolute Gasteiger partial charge is 0.456 e. The average Bonchev–Trinajstić information content (AvgIpc) is 3.62. The van der Waals surface area contributed by atoms with Gasteiger partial charge >= 0.3 is 0 Å². The average molecular weight is 537 g/mol. The lowest BCUT2D eigenvalue weighted by Crippen LogP contribution is -1.88. The van der Waals surface area contributed by atoms with Gasteiger partial charge in [-0.25, -0.2) is 0 Å². The Bertz CT molecular complexity index is 2450. The van der Waals surface area contributed by atoms with Crippen LogP contribution in [0.5, 0.6) is 0 Å². The molecular weight excluding hydrogens is 516 g/mol. The Labute approximate surface area is 240 Å². The van der Waals surface area contributed by atoms with Gasteiger partial charge in [0.15, 0.2) is 0 Å². The molecule has 0 aliphatic heterocycles. The fourth-order valence-electron chi connectivity index (χ4n) is 5.93. The molecule has 194 valence electrons. The van der Waals surface area contributed by atoms with E-state index in [1.54, 1.807) is 6.07 Å². The van der Waals surface area contributed by atoms with Crippen molar-refractivity contribution in [1.29, 1.82) is 10.5 Å². The van der Waals surface area contributed by atoms with Crippen molar-refractivity contribution < 1.29 is 8.83 Å². The topological polar surface area (TPSA) is 73.9 Å². The van der Waals surface area contributed by atoms with Gasteiger partial charge in [-0.1, -0.05) is 48.5 Å². The number of nitriles is 2. The Morgan fingerprint density at radius 1 is 0.405 bits per heavy atom. The van der Waals surface area contributed by atoms with Gasteiger partial charge in [0.05, 0.1) is 23.3 Å². The third kappa shape index (κ3) is 3.75. The first-order valence-electron chi connectivity index (χ1n) is 13.6. The van der Waals surface area contributed by atoms with Gasteiger partial charge in [-0.3, -0.25) is 0 Å². The van der Waals surface area contributed by atoms with E-state index in [1.165, 1.54) is 0 Å². The molecule has 4 nitrogen and oxygen atoms in total. The minimum Gasteiger partial charge on any atom is -0.456 e. The minimum atomic E-state index is 0.586. The van der Waals surface area contributed by atoms with E-state index in [-0.39, 0.29) is 0 Å². The van der Waals surface area contributed by atoms with E-state index in [9.17, 15) is 10.5 Å². The maximum Gasteiger partial charge on any atom is 0.136 e. The van der Waals surface area contributed by atoms with Crippen molar-refractivity contribution in [2.75, 3.05) is 0 Å². The van der Waals surface area contributed by atoms with Crippen LogP contribution in [0.3, 0.4) is 0 Å². The highest BCUT2D eigenvalue weighted by Crippen LogP contribution is 2.41. The molecule has 0 fully saturated rings. The van der Waals surface area contributed by atoms with Crippen LogP contribution in [0.1, 0.15) is 11.1 Å². The summed E-state index contributed by atoms with van der Waals surface area (Å²) in [4.78, 5) is 0. The van der Waals surface area contributed by atoms with Crippen molar-refractivity contribution in [3.05, 3.63) is 132 Å². The van der Waals surface area contributed by atoms with Gasteiger partial charge in [0.2, 0.25) is 0 Å². The lowest BCUT2D eigenvalue weighted by molar-refractivity contribution is 0.668. The van der Waals surface area contributed by atoms with Crippen molar-refractivity contribution in [1.82, 2.24) is 0 Å². The number of fused-ring (bicyclic) bond motifs is 6. The second-order valence-corrected chi connectivity index (χ2v) is 10.4. The SMILES string of the molecule is N#Cc1cccc(-c2cc(-c3ccc4oc5ccccc5c4c3)cc(-c3cccc4oc5ccc(C#N)cc5c34)c2)c1. The molecule has 2 aromatic heterocycles. The van der Waals surface area contributed by atoms with Gasteiger partial charge in [0.1, 0.15) is 22.3 Å². The minimum absolute atomic E-state index is 0.586. The van der Waals surface area contributed by atoms with Crippen molar-refractivity contribution in [3.63, 3.8) is 0 Å². The molecule has 0 atom stereocenters. The molecule has 8 rings (SSSR count). The monoisotopic (exact) mass is 536 g/mol. The summed E-state index contributed by atoms with van der Waals surface area (Å²) in [6, 6.07) is 44.7. The number of nitrogens with zero attached hydrogens (tertiary/aromatic N) is 2. The van der Waals surface area contributed by atoms with Crippen molar-refractivity contribution in [3.8, 4) is 45.5 Å². The smallest absolute Gasteiger partial charge is 0.136 e. The summed E-state index contributed by atoms with van der Waals surface area (Å²) in [5, 5.41) is 23.2. The second kappa shape index (κ2) is 9.24. The van der Waals surface area contributed by atoms with Crippen LogP contribution >= 0.6 is 0 Å². The molecule has 0 amide bonds. The summed E-state index contributed by atoms with van der Waals surface area (Å²) in [5.41, 5.74) is 10.5. The van der Waals surface area contributed by atoms with Gasteiger partial charge in [-0.05, 0) is 106 Å². The van der Waals surface area contributed by atoms with E-state index in [0.29, 0.717) is 11.1 Å². The fourth-order valence-corrected chi connectivity index (χ4v) is 5.93. The third-order valence-electron chi connectivity index (χ3n) is 7.90. The van der Waals surface area contributed by atoms with Crippen LogP contribution in [0.15, 0.2) is 130 Å². The highest BCUT2D eigenvalue weighted by molar-refractivity contribution is 6.13. The molecule has 4 heteroatoms. The number of para-hydroxylation sites is 1.